The maximum Gasteiger partial charge on any atom is 0.127 e. The fourth-order valence-electron chi connectivity index (χ4n) is 1.61. The second-order valence-corrected chi connectivity index (χ2v) is 4.58. The molecule has 0 radical (unpaired) electrons. The van der Waals surface area contributed by atoms with E-state index in [0.29, 0.717) is 0 Å². The van der Waals surface area contributed by atoms with Gasteiger partial charge in [-0.3, -0.25) is 0 Å². The third kappa shape index (κ3) is 2.75. The summed E-state index contributed by atoms with van der Waals surface area (Å²) in [5.41, 5.74) is 5.12. The molecule has 90 valence electrons. The van der Waals surface area contributed by atoms with Gasteiger partial charge in [0.15, 0.2) is 0 Å². The molecule has 2 rings (SSSR count). The Morgan fingerprint density at radius 3 is 2.65 bits per heavy atom. The molecule has 17 heavy (non-hydrogen) atoms. The highest BCUT2D eigenvalue weighted by Gasteiger charge is 2.18. The molecular formula is C14H17NO2. The summed E-state index contributed by atoms with van der Waals surface area (Å²) >= 11 is 0. The maximum absolute atomic E-state index is 9.08. The summed E-state index contributed by atoms with van der Waals surface area (Å²) in [6.07, 6.45) is 0. The lowest BCUT2D eigenvalue weighted by Gasteiger charge is -2.22. The first-order chi connectivity index (χ1) is 8.12. The first kappa shape index (κ1) is 11.9. The molecule has 1 atom stereocenters. The zero-order chi connectivity index (χ0) is 12.3. The van der Waals surface area contributed by atoms with Gasteiger partial charge in [0.1, 0.15) is 12.4 Å². The van der Waals surface area contributed by atoms with E-state index in [9.17, 15) is 0 Å². The Balaban J connectivity index is 2.24. The number of nitrogens with two attached hydrogens (primary N) is 1. The van der Waals surface area contributed by atoms with Crippen LogP contribution >= 0.6 is 0 Å². The molecule has 0 fully saturated rings. The Hall–Kier alpha value is -1.58. The molecule has 0 aliphatic rings. The molecule has 3 N–H and O–H groups in total. The summed E-state index contributed by atoms with van der Waals surface area (Å²) in [4.78, 5) is 0. The molecule has 0 heterocycles. The van der Waals surface area contributed by atoms with E-state index in [0.717, 1.165) is 16.5 Å². The highest BCUT2D eigenvalue weighted by Crippen LogP contribution is 2.25. The van der Waals surface area contributed by atoms with Crippen LogP contribution < -0.4 is 10.5 Å². The van der Waals surface area contributed by atoms with Crippen molar-refractivity contribution in [2.75, 3.05) is 13.2 Å². The number of aliphatic hydroxyl groups is 1. The first-order valence-electron chi connectivity index (χ1n) is 5.63. The molecule has 0 aromatic heterocycles. The van der Waals surface area contributed by atoms with Gasteiger partial charge in [0, 0.05) is 5.39 Å². The van der Waals surface area contributed by atoms with Crippen LogP contribution in [0.25, 0.3) is 10.8 Å². The lowest BCUT2D eigenvalue weighted by Crippen LogP contribution is -2.45. The monoisotopic (exact) mass is 231 g/mol. The molecule has 0 spiro atoms. The van der Waals surface area contributed by atoms with Crippen molar-refractivity contribution in [2.45, 2.75) is 12.5 Å². The van der Waals surface area contributed by atoms with Gasteiger partial charge in [-0.25, -0.2) is 0 Å². The summed E-state index contributed by atoms with van der Waals surface area (Å²) in [5.74, 6) is 0.799. The van der Waals surface area contributed by atoms with Crippen molar-refractivity contribution in [3.05, 3.63) is 42.5 Å². The molecule has 0 saturated heterocycles. The fraction of sp³-hybridized carbons (Fsp3) is 0.286. The Morgan fingerprint density at radius 2 is 1.88 bits per heavy atom. The predicted molar refractivity (Wildman–Crippen MR) is 69.1 cm³/mol. The SMILES string of the molecule is CC(N)(CO)COc1cccc2ccccc12. The quantitative estimate of drug-likeness (QED) is 0.845. The van der Waals surface area contributed by atoms with Gasteiger partial charge in [-0.05, 0) is 18.4 Å². The Kier molecular flexibility index (Phi) is 3.31. The van der Waals surface area contributed by atoms with Gasteiger partial charge < -0.3 is 15.6 Å². The van der Waals surface area contributed by atoms with Gasteiger partial charge in [-0.2, -0.15) is 0 Å². The van der Waals surface area contributed by atoms with E-state index in [1.165, 1.54) is 0 Å². The second kappa shape index (κ2) is 4.73. The summed E-state index contributed by atoms with van der Waals surface area (Å²) < 4.78 is 5.69. The van der Waals surface area contributed by atoms with Crippen molar-refractivity contribution in [3.8, 4) is 5.75 Å². The van der Waals surface area contributed by atoms with E-state index >= 15 is 0 Å². The number of benzene rings is 2. The topological polar surface area (TPSA) is 55.5 Å². The van der Waals surface area contributed by atoms with Crippen molar-refractivity contribution >= 4 is 10.8 Å². The van der Waals surface area contributed by atoms with Crippen LogP contribution in [0.3, 0.4) is 0 Å². The molecule has 2 aromatic carbocycles. The van der Waals surface area contributed by atoms with Crippen LogP contribution in [0.4, 0.5) is 0 Å². The smallest absolute Gasteiger partial charge is 0.127 e. The summed E-state index contributed by atoms with van der Waals surface area (Å²) in [7, 11) is 0. The summed E-state index contributed by atoms with van der Waals surface area (Å²) in [6, 6.07) is 13.9. The highest BCUT2D eigenvalue weighted by atomic mass is 16.5. The highest BCUT2D eigenvalue weighted by molar-refractivity contribution is 5.88. The number of ether oxygens (including phenoxy) is 1. The molecule has 2 aromatic rings. The van der Waals surface area contributed by atoms with E-state index in [-0.39, 0.29) is 13.2 Å². The number of fused-ring (bicyclic) bond motifs is 1. The Morgan fingerprint density at radius 1 is 1.18 bits per heavy atom. The average molecular weight is 231 g/mol. The lowest BCUT2D eigenvalue weighted by molar-refractivity contribution is 0.147. The van der Waals surface area contributed by atoms with Gasteiger partial charge >= 0.3 is 0 Å². The zero-order valence-corrected chi connectivity index (χ0v) is 9.89. The molecule has 3 nitrogen and oxygen atoms in total. The third-order valence-electron chi connectivity index (χ3n) is 2.67. The average Bonchev–Trinajstić information content (AvgIpc) is 2.36. The number of rotatable bonds is 4. The van der Waals surface area contributed by atoms with Gasteiger partial charge in [-0.15, -0.1) is 0 Å². The van der Waals surface area contributed by atoms with Crippen molar-refractivity contribution in [1.29, 1.82) is 0 Å². The molecule has 0 saturated carbocycles. The molecular weight excluding hydrogens is 214 g/mol. The van der Waals surface area contributed by atoms with E-state index in [1.807, 2.05) is 42.5 Å². The number of hydrogen-bond acceptors (Lipinski definition) is 3. The van der Waals surface area contributed by atoms with Crippen molar-refractivity contribution in [3.63, 3.8) is 0 Å². The Labute approximate surface area is 101 Å². The van der Waals surface area contributed by atoms with Crippen molar-refractivity contribution in [2.24, 2.45) is 5.73 Å². The van der Waals surface area contributed by atoms with Crippen LogP contribution in [-0.4, -0.2) is 23.9 Å². The van der Waals surface area contributed by atoms with Crippen molar-refractivity contribution in [1.82, 2.24) is 0 Å². The minimum absolute atomic E-state index is 0.0994. The van der Waals surface area contributed by atoms with E-state index in [4.69, 9.17) is 15.6 Å². The summed E-state index contributed by atoms with van der Waals surface area (Å²) in [6.45, 7) is 1.95. The first-order valence-corrected chi connectivity index (χ1v) is 5.63. The normalized spacial score (nSPS) is 14.5. The maximum atomic E-state index is 9.08. The van der Waals surface area contributed by atoms with Crippen LogP contribution in [0, 0.1) is 0 Å². The van der Waals surface area contributed by atoms with Gasteiger partial charge in [-0.1, -0.05) is 36.4 Å². The lowest BCUT2D eigenvalue weighted by atomic mass is 10.1. The molecule has 0 bridgehead atoms. The van der Waals surface area contributed by atoms with Crippen LogP contribution in [0.5, 0.6) is 5.75 Å². The number of aliphatic hydroxyl groups excluding tert-OH is 1. The largest absolute Gasteiger partial charge is 0.491 e. The van der Waals surface area contributed by atoms with Crippen LogP contribution in [0.15, 0.2) is 42.5 Å². The zero-order valence-electron chi connectivity index (χ0n) is 9.89. The van der Waals surface area contributed by atoms with E-state index in [2.05, 4.69) is 0 Å². The van der Waals surface area contributed by atoms with E-state index < -0.39 is 5.54 Å². The minimum atomic E-state index is -0.711. The van der Waals surface area contributed by atoms with Gasteiger partial charge in [0.2, 0.25) is 0 Å². The molecule has 1 unspecified atom stereocenters. The third-order valence-corrected chi connectivity index (χ3v) is 2.67. The minimum Gasteiger partial charge on any atom is -0.491 e. The molecule has 3 heteroatoms. The molecule has 0 aliphatic heterocycles. The fourth-order valence-corrected chi connectivity index (χ4v) is 1.61. The van der Waals surface area contributed by atoms with Gasteiger partial charge in [0.25, 0.3) is 0 Å². The second-order valence-electron chi connectivity index (χ2n) is 4.58. The number of hydrogen-bond donors (Lipinski definition) is 2. The van der Waals surface area contributed by atoms with Crippen LogP contribution in [0.1, 0.15) is 6.92 Å². The molecule has 0 aliphatic carbocycles. The van der Waals surface area contributed by atoms with Crippen LogP contribution in [-0.2, 0) is 0 Å². The summed E-state index contributed by atoms with van der Waals surface area (Å²) in [5, 5.41) is 11.3. The van der Waals surface area contributed by atoms with E-state index in [1.54, 1.807) is 6.92 Å². The predicted octanol–water partition coefficient (Wildman–Crippen LogP) is 1.93. The Bertz CT molecular complexity index is 503. The van der Waals surface area contributed by atoms with Crippen LogP contribution in [0.2, 0.25) is 0 Å². The molecule has 0 amide bonds. The van der Waals surface area contributed by atoms with Gasteiger partial charge in [0.05, 0.1) is 12.1 Å². The standard InChI is InChI=1S/C14H17NO2/c1-14(15,9-16)10-17-13-8-4-6-11-5-2-3-7-12(11)13/h2-8,16H,9-10,15H2,1H3. The van der Waals surface area contributed by atoms with Crippen molar-refractivity contribution < 1.29 is 9.84 Å².